The molecule has 0 radical (unpaired) electrons. The molecule has 1 aromatic rings. The first-order valence-electron chi connectivity index (χ1n) is 6.72. The van der Waals surface area contributed by atoms with E-state index in [1.54, 1.807) is 0 Å². The minimum atomic E-state index is -0.608. The SMILES string of the molecule is CC(C)N1CCN(Cc2cc(F)ccc2C#N)C(=O)C1=O. The van der Waals surface area contributed by atoms with Crippen molar-refractivity contribution in [1.82, 2.24) is 9.80 Å². The molecule has 1 heterocycles. The van der Waals surface area contributed by atoms with Crippen molar-refractivity contribution in [1.29, 1.82) is 5.26 Å². The van der Waals surface area contributed by atoms with E-state index in [4.69, 9.17) is 5.26 Å². The van der Waals surface area contributed by atoms with Crippen LogP contribution in [-0.4, -0.2) is 40.7 Å². The molecular weight excluding hydrogens is 273 g/mol. The van der Waals surface area contributed by atoms with E-state index in [9.17, 15) is 14.0 Å². The number of carbonyl (C=O) groups excluding carboxylic acids is 2. The number of hydrogen-bond donors (Lipinski definition) is 0. The van der Waals surface area contributed by atoms with Crippen molar-refractivity contribution < 1.29 is 14.0 Å². The molecule has 0 spiro atoms. The lowest BCUT2D eigenvalue weighted by Crippen LogP contribution is -2.55. The van der Waals surface area contributed by atoms with Crippen LogP contribution in [0, 0.1) is 17.1 Å². The largest absolute Gasteiger partial charge is 0.330 e. The zero-order valence-electron chi connectivity index (χ0n) is 12.0. The van der Waals surface area contributed by atoms with Gasteiger partial charge in [0, 0.05) is 25.7 Å². The molecule has 1 fully saturated rings. The summed E-state index contributed by atoms with van der Waals surface area (Å²) >= 11 is 0. The van der Waals surface area contributed by atoms with Gasteiger partial charge in [-0.15, -0.1) is 0 Å². The number of benzene rings is 1. The Bertz CT molecular complexity index is 622. The summed E-state index contributed by atoms with van der Waals surface area (Å²) in [5.41, 5.74) is 0.722. The van der Waals surface area contributed by atoms with Crippen molar-refractivity contribution >= 4 is 11.8 Å². The number of rotatable bonds is 3. The molecule has 6 heteroatoms. The Morgan fingerprint density at radius 2 is 2.00 bits per heavy atom. The molecule has 0 aromatic heterocycles. The Kier molecular flexibility index (Phi) is 4.22. The zero-order valence-corrected chi connectivity index (χ0v) is 12.0. The molecule has 1 aliphatic rings. The van der Waals surface area contributed by atoms with Crippen LogP contribution >= 0.6 is 0 Å². The summed E-state index contributed by atoms with van der Waals surface area (Å²) in [5.74, 6) is -1.63. The van der Waals surface area contributed by atoms with Gasteiger partial charge in [0.1, 0.15) is 5.82 Å². The molecular formula is C15H16FN3O2. The smallest absolute Gasteiger partial charge is 0.312 e. The highest BCUT2D eigenvalue weighted by Gasteiger charge is 2.33. The summed E-state index contributed by atoms with van der Waals surface area (Å²) in [6.07, 6.45) is 0. The average Bonchev–Trinajstić information content (AvgIpc) is 2.44. The second-order valence-corrected chi connectivity index (χ2v) is 5.23. The van der Waals surface area contributed by atoms with E-state index in [1.807, 2.05) is 19.9 Å². The van der Waals surface area contributed by atoms with Crippen molar-refractivity contribution in [3.05, 3.63) is 35.1 Å². The van der Waals surface area contributed by atoms with E-state index < -0.39 is 17.6 Å². The molecule has 1 aromatic carbocycles. The monoisotopic (exact) mass is 289 g/mol. The first kappa shape index (κ1) is 15.0. The topological polar surface area (TPSA) is 64.4 Å². The van der Waals surface area contributed by atoms with Gasteiger partial charge in [0.2, 0.25) is 0 Å². The number of halogens is 1. The molecule has 21 heavy (non-hydrogen) atoms. The van der Waals surface area contributed by atoms with Crippen molar-refractivity contribution in [2.45, 2.75) is 26.4 Å². The minimum Gasteiger partial charge on any atom is -0.330 e. The van der Waals surface area contributed by atoms with E-state index in [1.165, 1.54) is 28.0 Å². The Morgan fingerprint density at radius 3 is 2.62 bits per heavy atom. The summed E-state index contributed by atoms with van der Waals surface area (Å²) in [6.45, 7) is 4.59. The molecule has 0 unspecified atom stereocenters. The van der Waals surface area contributed by atoms with Crippen LogP contribution in [0.1, 0.15) is 25.0 Å². The fourth-order valence-electron chi connectivity index (χ4n) is 2.34. The second-order valence-electron chi connectivity index (χ2n) is 5.23. The molecule has 1 aliphatic heterocycles. The Labute approximate surface area is 122 Å². The lowest BCUT2D eigenvalue weighted by Gasteiger charge is -2.36. The van der Waals surface area contributed by atoms with Crippen LogP contribution in [0.4, 0.5) is 4.39 Å². The third kappa shape index (κ3) is 3.02. The van der Waals surface area contributed by atoms with Crippen LogP contribution in [0.5, 0.6) is 0 Å². The van der Waals surface area contributed by atoms with Crippen molar-refractivity contribution in [2.75, 3.05) is 13.1 Å². The van der Waals surface area contributed by atoms with Gasteiger partial charge in [0.15, 0.2) is 0 Å². The number of nitrogens with zero attached hydrogens (tertiary/aromatic N) is 3. The number of nitriles is 1. The normalized spacial score (nSPS) is 15.6. The molecule has 0 atom stereocenters. The van der Waals surface area contributed by atoms with Crippen molar-refractivity contribution in [3.63, 3.8) is 0 Å². The first-order chi connectivity index (χ1) is 9.93. The molecule has 5 nitrogen and oxygen atoms in total. The lowest BCUT2D eigenvalue weighted by atomic mass is 10.1. The maximum absolute atomic E-state index is 13.3. The second kappa shape index (κ2) is 5.92. The van der Waals surface area contributed by atoms with Crippen LogP contribution in [0.25, 0.3) is 0 Å². The van der Waals surface area contributed by atoms with Gasteiger partial charge in [-0.2, -0.15) is 5.26 Å². The molecule has 0 N–H and O–H groups in total. The van der Waals surface area contributed by atoms with Gasteiger partial charge in [-0.05, 0) is 37.6 Å². The molecule has 110 valence electrons. The predicted octanol–water partition coefficient (Wildman–Crippen LogP) is 1.28. The highest BCUT2D eigenvalue weighted by atomic mass is 19.1. The van der Waals surface area contributed by atoms with E-state index >= 15 is 0 Å². The van der Waals surface area contributed by atoms with Gasteiger partial charge in [0.25, 0.3) is 0 Å². The summed E-state index contributed by atoms with van der Waals surface area (Å²) < 4.78 is 13.3. The molecule has 1 saturated heterocycles. The van der Waals surface area contributed by atoms with E-state index in [-0.39, 0.29) is 12.6 Å². The van der Waals surface area contributed by atoms with Crippen LogP contribution in [0.3, 0.4) is 0 Å². The molecule has 2 amide bonds. The van der Waals surface area contributed by atoms with E-state index in [0.717, 1.165) is 0 Å². The Morgan fingerprint density at radius 1 is 1.29 bits per heavy atom. The molecule has 0 saturated carbocycles. The third-order valence-electron chi connectivity index (χ3n) is 3.51. The van der Waals surface area contributed by atoms with Crippen LogP contribution in [0.2, 0.25) is 0 Å². The number of piperazine rings is 1. The van der Waals surface area contributed by atoms with E-state index in [0.29, 0.717) is 24.2 Å². The fourth-order valence-corrected chi connectivity index (χ4v) is 2.34. The number of hydrogen-bond acceptors (Lipinski definition) is 3. The van der Waals surface area contributed by atoms with Gasteiger partial charge in [-0.1, -0.05) is 0 Å². The minimum absolute atomic E-state index is 0.0348. The maximum Gasteiger partial charge on any atom is 0.312 e. The highest BCUT2D eigenvalue weighted by Crippen LogP contribution is 2.16. The summed E-state index contributed by atoms with van der Waals surface area (Å²) in [7, 11) is 0. The van der Waals surface area contributed by atoms with Crippen LogP contribution in [-0.2, 0) is 16.1 Å². The van der Waals surface area contributed by atoms with Gasteiger partial charge >= 0.3 is 11.8 Å². The van der Waals surface area contributed by atoms with Gasteiger partial charge in [0.05, 0.1) is 11.6 Å². The standard InChI is InChI=1S/C15H16FN3O2/c1-10(2)19-6-5-18(14(20)15(19)21)9-12-7-13(16)4-3-11(12)8-17/h3-4,7,10H,5-6,9H2,1-2H3. The number of carbonyl (C=O) groups is 2. The van der Waals surface area contributed by atoms with Crippen molar-refractivity contribution in [2.24, 2.45) is 0 Å². The predicted molar refractivity (Wildman–Crippen MR) is 73.4 cm³/mol. The van der Waals surface area contributed by atoms with Gasteiger partial charge in [-0.3, -0.25) is 9.59 Å². The lowest BCUT2D eigenvalue weighted by molar-refractivity contribution is -0.157. The Hall–Kier alpha value is -2.42. The Balaban J connectivity index is 2.19. The molecule has 0 bridgehead atoms. The highest BCUT2D eigenvalue weighted by molar-refractivity contribution is 6.35. The summed E-state index contributed by atoms with van der Waals surface area (Å²) in [5, 5.41) is 9.02. The fraction of sp³-hybridized carbons (Fsp3) is 0.400. The summed E-state index contributed by atoms with van der Waals surface area (Å²) in [4.78, 5) is 26.9. The maximum atomic E-state index is 13.3. The molecule has 0 aliphatic carbocycles. The van der Waals surface area contributed by atoms with E-state index in [2.05, 4.69) is 0 Å². The third-order valence-corrected chi connectivity index (χ3v) is 3.51. The van der Waals surface area contributed by atoms with Gasteiger partial charge < -0.3 is 9.80 Å². The number of amides is 2. The van der Waals surface area contributed by atoms with Crippen LogP contribution < -0.4 is 0 Å². The van der Waals surface area contributed by atoms with Gasteiger partial charge in [-0.25, -0.2) is 4.39 Å². The zero-order chi connectivity index (χ0) is 15.6. The summed E-state index contributed by atoms with van der Waals surface area (Å²) in [6, 6.07) is 5.73. The first-order valence-corrected chi connectivity index (χ1v) is 6.72. The average molecular weight is 289 g/mol. The van der Waals surface area contributed by atoms with Crippen molar-refractivity contribution in [3.8, 4) is 6.07 Å². The molecule has 2 rings (SSSR count). The quantitative estimate of drug-likeness (QED) is 0.787. The van der Waals surface area contributed by atoms with Crippen LogP contribution in [0.15, 0.2) is 18.2 Å².